The highest BCUT2D eigenvalue weighted by molar-refractivity contribution is 9.11. The van der Waals surface area contributed by atoms with Crippen LogP contribution in [0.3, 0.4) is 0 Å². The molecule has 0 aliphatic carbocycles. The van der Waals surface area contributed by atoms with E-state index in [2.05, 4.69) is 42.2 Å². The number of nitrogens with one attached hydrogen (secondary N) is 1. The van der Waals surface area contributed by atoms with E-state index in [1.165, 1.54) is 0 Å². The van der Waals surface area contributed by atoms with Crippen LogP contribution in [0.5, 0.6) is 0 Å². The van der Waals surface area contributed by atoms with Gasteiger partial charge in [0.15, 0.2) is 0 Å². The largest absolute Gasteiger partial charge is 0.397 e. The molecule has 0 unspecified atom stereocenters. The van der Waals surface area contributed by atoms with Crippen molar-refractivity contribution in [3.05, 3.63) is 45.0 Å². The van der Waals surface area contributed by atoms with E-state index in [0.717, 1.165) is 26.0 Å². The average molecular weight is 357 g/mol. The summed E-state index contributed by atoms with van der Waals surface area (Å²) < 4.78 is 2.00. The minimum atomic E-state index is 0.699. The van der Waals surface area contributed by atoms with E-state index in [1.807, 2.05) is 31.2 Å². The van der Waals surface area contributed by atoms with E-state index >= 15 is 0 Å². The molecule has 0 amide bonds. The van der Waals surface area contributed by atoms with E-state index < -0.39 is 0 Å². The van der Waals surface area contributed by atoms with Gasteiger partial charge in [0.25, 0.3) is 0 Å². The zero-order valence-corrected chi connectivity index (χ0v) is 12.3. The molecule has 0 aliphatic rings. The Kier molecular flexibility index (Phi) is 3.69. The second-order valence-corrected chi connectivity index (χ2v) is 5.45. The summed E-state index contributed by atoms with van der Waals surface area (Å²) >= 11 is 6.91. The lowest BCUT2D eigenvalue weighted by atomic mass is 10.2. The van der Waals surface area contributed by atoms with E-state index in [-0.39, 0.29) is 0 Å². The minimum Gasteiger partial charge on any atom is -0.397 e. The van der Waals surface area contributed by atoms with Gasteiger partial charge in [0, 0.05) is 8.95 Å². The molecule has 3 nitrogen and oxygen atoms in total. The highest BCUT2D eigenvalue weighted by Gasteiger charge is 2.03. The van der Waals surface area contributed by atoms with Crippen LogP contribution < -0.4 is 11.1 Å². The number of benzene rings is 1. The molecule has 1 aromatic heterocycles. The summed E-state index contributed by atoms with van der Waals surface area (Å²) in [5.41, 5.74) is 8.40. The number of nitrogens with two attached hydrogens (primary N) is 1. The van der Waals surface area contributed by atoms with Crippen molar-refractivity contribution in [2.75, 3.05) is 11.1 Å². The Morgan fingerprint density at radius 1 is 1.24 bits per heavy atom. The van der Waals surface area contributed by atoms with Crippen LogP contribution in [0.2, 0.25) is 0 Å². The van der Waals surface area contributed by atoms with Crippen LogP contribution in [0.1, 0.15) is 5.56 Å². The monoisotopic (exact) mass is 355 g/mol. The minimum absolute atomic E-state index is 0.699. The number of rotatable bonds is 2. The normalized spacial score (nSPS) is 10.3. The quantitative estimate of drug-likeness (QED) is 0.846. The van der Waals surface area contributed by atoms with Gasteiger partial charge in [-0.1, -0.05) is 15.9 Å². The van der Waals surface area contributed by atoms with Gasteiger partial charge in [0.2, 0.25) is 0 Å². The van der Waals surface area contributed by atoms with Gasteiger partial charge < -0.3 is 11.1 Å². The molecule has 0 fully saturated rings. The first-order valence-corrected chi connectivity index (χ1v) is 6.59. The Balaban J connectivity index is 2.28. The number of aryl methyl sites for hydroxylation is 1. The summed E-state index contributed by atoms with van der Waals surface area (Å²) in [6.45, 7) is 1.96. The topological polar surface area (TPSA) is 50.9 Å². The molecule has 0 aliphatic heterocycles. The number of pyridine rings is 1. The molecule has 2 rings (SSSR count). The van der Waals surface area contributed by atoms with Crippen LogP contribution in [0, 0.1) is 6.92 Å². The molecule has 1 aromatic carbocycles. The predicted octanol–water partition coefficient (Wildman–Crippen LogP) is 4.24. The van der Waals surface area contributed by atoms with Gasteiger partial charge in [-0.15, -0.1) is 0 Å². The van der Waals surface area contributed by atoms with Crippen molar-refractivity contribution in [2.24, 2.45) is 0 Å². The zero-order valence-electron chi connectivity index (χ0n) is 9.17. The van der Waals surface area contributed by atoms with Crippen LogP contribution in [-0.4, -0.2) is 4.98 Å². The fourth-order valence-corrected chi connectivity index (χ4v) is 2.51. The average Bonchev–Trinajstić information content (AvgIpc) is 2.27. The highest BCUT2D eigenvalue weighted by Crippen LogP contribution is 2.28. The fraction of sp³-hybridized carbons (Fsp3) is 0.0833. The predicted molar refractivity (Wildman–Crippen MR) is 78.5 cm³/mol. The summed E-state index contributed by atoms with van der Waals surface area (Å²) in [5, 5.41) is 3.23. The van der Waals surface area contributed by atoms with Gasteiger partial charge >= 0.3 is 0 Å². The molecule has 88 valence electrons. The van der Waals surface area contributed by atoms with Crippen molar-refractivity contribution in [3.63, 3.8) is 0 Å². The molecule has 0 saturated heterocycles. The van der Waals surface area contributed by atoms with Gasteiger partial charge in [0.05, 0.1) is 17.6 Å². The maximum absolute atomic E-state index is 5.73. The van der Waals surface area contributed by atoms with Crippen LogP contribution >= 0.6 is 31.9 Å². The third-order valence-corrected chi connectivity index (χ3v) is 3.49. The third kappa shape index (κ3) is 2.98. The van der Waals surface area contributed by atoms with Crippen molar-refractivity contribution in [1.29, 1.82) is 0 Å². The SMILES string of the molecule is Cc1cc(Nc2ccc(Br)cc2Br)ncc1N. The number of aromatic nitrogens is 1. The summed E-state index contributed by atoms with van der Waals surface area (Å²) in [6.07, 6.45) is 1.66. The lowest BCUT2D eigenvalue weighted by Crippen LogP contribution is -1.97. The molecule has 0 bridgehead atoms. The molecule has 0 spiro atoms. The van der Waals surface area contributed by atoms with E-state index in [9.17, 15) is 0 Å². The van der Waals surface area contributed by atoms with Gasteiger partial charge in [-0.25, -0.2) is 4.98 Å². The number of hydrogen-bond donors (Lipinski definition) is 2. The summed E-state index contributed by atoms with van der Waals surface area (Å²) in [7, 11) is 0. The number of hydrogen-bond acceptors (Lipinski definition) is 3. The van der Waals surface area contributed by atoms with E-state index in [4.69, 9.17) is 5.73 Å². The maximum atomic E-state index is 5.73. The number of anilines is 3. The van der Waals surface area contributed by atoms with Crippen LogP contribution in [0.15, 0.2) is 39.4 Å². The van der Waals surface area contributed by atoms with Gasteiger partial charge in [0.1, 0.15) is 5.82 Å². The van der Waals surface area contributed by atoms with Crippen molar-refractivity contribution in [3.8, 4) is 0 Å². The first-order chi connectivity index (χ1) is 8.06. The summed E-state index contributed by atoms with van der Waals surface area (Å²) in [5.74, 6) is 0.778. The molecular formula is C12H11Br2N3. The van der Waals surface area contributed by atoms with E-state index in [0.29, 0.717) is 5.69 Å². The van der Waals surface area contributed by atoms with Crippen LogP contribution in [-0.2, 0) is 0 Å². The standard InChI is InChI=1S/C12H11Br2N3/c1-7-4-12(16-6-10(7)15)17-11-3-2-8(13)5-9(11)14/h2-6H,15H2,1H3,(H,16,17). The lowest BCUT2D eigenvalue weighted by Gasteiger charge is -2.09. The zero-order chi connectivity index (χ0) is 12.4. The van der Waals surface area contributed by atoms with E-state index in [1.54, 1.807) is 6.20 Å². The number of nitrogens with zero attached hydrogens (tertiary/aromatic N) is 1. The molecule has 5 heteroatoms. The van der Waals surface area contributed by atoms with Gasteiger partial charge in [-0.3, -0.25) is 0 Å². The molecule has 0 saturated carbocycles. The fourth-order valence-electron chi connectivity index (χ4n) is 1.36. The van der Waals surface area contributed by atoms with Crippen molar-refractivity contribution < 1.29 is 0 Å². The second-order valence-electron chi connectivity index (χ2n) is 3.68. The number of nitrogen functional groups attached to an aromatic ring is 1. The van der Waals surface area contributed by atoms with Crippen molar-refractivity contribution >= 4 is 49.1 Å². The summed E-state index contributed by atoms with van der Waals surface area (Å²) in [6, 6.07) is 7.84. The Labute approximate surface area is 117 Å². The second kappa shape index (κ2) is 5.06. The van der Waals surface area contributed by atoms with Crippen molar-refractivity contribution in [2.45, 2.75) is 6.92 Å². The summed E-state index contributed by atoms with van der Waals surface area (Å²) in [4.78, 5) is 4.23. The molecular weight excluding hydrogens is 346 g/mol. The van der Waals surface area contributed by atoms with Gasteiger partial charge in [-0.2, -0.15) is 0 Å². The molecule has 0 radical (unpaired) electrons. The van der Waals surface area contributed by atoms with Gasteiger partial charge in [-0.05, 0) is 52.7 Å². The van der Waals surface area contributed by atoms with Crippen LogP contribution in [0.25, 0.3) is 0 Å². The van der Waals surface area contributed by atoms with Crippen LogP contribution in [0.4, 0.5) is 17.2 Å². The highest BCUT2D eigenvalue weighted by atomic mass is 79.9. The smallest absolute Gasteiger partial charge is 0.130 e. The first kappa shape index (κ1) is 12.4. The van der Waals surface area contributed by atoms with Crippen molar-refractivity contribution in [1.82, 2.24) is 4.98 Å². The lowest BCUT2D eigenvalue weighted by molar-refractivity contribution is 1.27. The Morgan fingerprint density at radius 3 is 2.65 bits per heavy atom. The molecule has 0 atom stereocenters. The first-order valence-electron chi connectivity index (χ1n) is 5.00. The Morgan fingerprint density at radius 2 is 2.00 bits per heavy atom. The Hall–Kier alpha value is -1.07. The molecule has 3 N–H and O–H groups in total. The number of halogens is 2. The third-order valence-electron chi connectivity index (χ3n) is 2.35. The molecule has 17 heavy (non-hydrogen) atoms. The Bertz CT molecular complexity index is 555. The molecule has 2 aromatic rings. The molecule has 1 heterocycles. The maximum Gasteiger partial charge on any atom is 0.130 e.